The molecule has 8 heteroatoms. The van der Waals surface area contributed by atoms with Crippen molar-refractivity contribution < 1.29 is 13.9 Å². The summed E-state index contributed by atoms with van der Waals surface area (Å²) in [5.74, 6) is 0.176. The highest BCUT2D eigenvalue weighted by Crippen LogP contribution is 2.23. The van der Waals surface area contributed by atoms with Crippen LogP contribution in [0.1, 0.15) is 17.3 Å². The van der Waals surface area contributed by atoms with E-state index < -0.39 is 5.82 Å². The van der Waals surface area contributed by atoms with Gasteiger partial charge in [-0.3, -0.25) is 9.36 Å². The van der Waals surface area contributed by atoms with Gasteiger partial charge in [-0.25, -0.2) is 4.39 Å². The first-order valence-electron chi connectivity index (χ1n) is 7.87. The largest absolute Gasteiger partial charge is 0.378 e. The Kier molecular flexibility index (Phi) is 5.47. The van der Waals surface area contributed by atoms with Crippen LogP contribution in [0.5, 0.6) is 0 Å². The van der Waals surface area contributed by atoms with Crippen molar-refractivity contribution in [2.75, 3.05) is 37.0 Å². The van der Waals surface area contributed by atoms with E-state index in [0.717, 1.165) is 19.0 Å². The van der Waals surface area contributed by atoms with E-state index in [9.17, 15) is 9.18 Å². The Labute approximate surface area is 144 Å². The van der Waals surface area contributed by atoms with E-state index in [-0.39, 0.29) is 17.1 Å². The van der Waals surface area contributed by atoms with E-state index >= 15 is 0 Å². The predicted molar refractivity (Wildman–Crippen MR) is 90.2 cm³/mol. The molecule has 0 radical (unpaired) electrons. The van der Waals surface area contributed by atoms with Crippen molar-refractivity contribution in [2.24, 2.45) is 0 Å². The Morgan fingerprint density at radius 2 is 2.04 bits per heavy atom. The molecule has 3 rings (SSSR count). The zero-order chi connectivity index (χ0) is 16.9. The van der Waals surface area contributed by atoms with Crippen LogP contribution in [0.3, 0.4) is 0 Å². The van der Waals surface area contributed by atoms with E-state index in [1.54, 1.807) is 12.1 Å². The average Bonchev–Trinajstić information content (AvgIpc) is 3.03. The Balaban J connectivity index is 1.70. The topological polar surface area (TPSA) is 60.2 Å². The molecule has 128 valence electrons. The summed E-state index contributed by atoms with van der Waals surface area (Å²) in [7, 11) is 0. The lowest BCUT2D eigenvalue weighted by molar-refractivity contribution is 0.101. The Morgan fingerprint density at radius 3 is 2.75 bits per heavy atom. The molecule has 0 aliphatic carbocycles. The molecule has 1 aromatic heterocycles. The van der Waals surface area contributed by atoms with Crippen LogP contribution in [0.25, 0.3) is 0 Å². The molecule has 0 amide bonds. The monoisotopic (exact) mass is 350 g/mol. The molecule has 1 saturated heterocycles. The fourth-order valence-electron chi connectivity index (χ4n) is 2.56. The van der Waals surface area contributed by atoms with E-state index in [4.69, 9.17) is 4.74 Å². The van der Waals surface area contributed by atoms with Gasteiger partial charge in [-0.05, 0) is 19.1 Å². The summed E-state index contributed by atoms with van der Waals surface area (Å²) < 4.78 is 21.0. The number of halogens is 1. The fraction of sp³-hybridized carbons (Fsp3) is 0.438. The van der Waals surface area contributed by atoms with Crippen LogP contribution in [0.2, 0.25) is 0 Å². The van der Waals surface area contributed by atoms with Crippen molar-refractivity contribution in [1.29, 1.82) is 0 Å². The number of anilines is 1. The summed E-state index contributed by atoms with van der Waals surface area (Å²) in [6.07, 6.45) is 0. The van der Waals surface area contributed by atoms with Gasteiger partial charge in [0.15, 0.2) is 10.9 Å². The smallest absolute Gasteiger partial charge is 0.228 e. The molecule has 0 N–H and O–H groups in total. The summed E-state index contributed by atoms with van der Waals surface area (Å²) >= 11 is 1.28. The van der Waals surface area contributed by atoms with Gasteiger partial charge in [0.25, 0.3) is 0 Å². The summed E-state index contributed by atoms with van der Waals surface area (Å²) in [5.41, 5.74) is 0.112. The predicted octanol–water partition coefficient (Wildman–Crippen LogP) is 2.25. The lowest BCUT2D eigenvalue weighted by atomic mass is 10.1. The van der Waals surface area contributed by atoms with Crippen LogP contribution >= 0.6 is 11.8 Å². The summed E-state index contributed by atoms with van der Waals surface area (Å²) in [4.78, 5) is 14.3. The number of aromatic nitrogens is 3. The number of Topliss-reactive ketones (excluding diaryl/α,β-unsaturated/α-hetero) is 1. The van der Waals surface area contributed by atoms with Crippen molar-refractivity contribution in [3.63, 3.8) is 0 Å². The highest BCUT2D eigenvalue weighted by atomic mass is 32.2. The standard InChI is InChI=1S/C16H19FN4O2S/c1-2-21-15(20-7-9-23-10-8-20)18-19-16(21)24-11-14(22)12-5-3-4-6-13(12)17/h3-6H,2,7-11H2,1H3. The van der Waals surface area contributed by atoms with Gasteiger partial charge in [-0.1, -0.05) is 23.9 Å². The first-order chi connectivity index (χ1) is 11.7. The molecule has 1 aliphatic heterocycles. The number of thioether (sulfide) groups is 1. The van der Waals surface area contributed by atoms with Crippen LogP contribution in [-0.2, 0) is 11.3 Å². The minimum atomic E-state index is -0.492. The third-order valence-corrected chi connectivity index (χ3v) is 4.78. The minimum Gasteiger partial charge on any atom is -0.378 e. The first-order valence-corrected chi connectivity index (χ1v) is 8.85. The van der Waals surface area contributed by atoms with Gasteiger partial charge in [0.2, 0.25) is 5.95 Å². The van der Waals surface area contributed by atoms with Gasteiger partial charge in [-0.2, -0.15) is 0 Å². The molecule has 0 atom stereocenters. The van der Waals surface area contributed by atoms with Crippen molar-refractivity contribution in [2.45, 2.75) is 18.6 Å². The van der Waals surface area contributed by atoms with Crippen molar-refractivity contribution in [3.8, 4) is 0 Å². The zero-order valence-corrected chi connectivity index (χ0v) is 14.3. The molecule has 0 unspecified atom stereocenters. The van der Waals surface area contributed by atoms with Crippen molar-refractivity contribution in [1.82, 2.24) is 14.8 Å². The summed E-state index contributed by atoms with van der Waals surface area (Å²) in [6, 6.07) is 6.03. The van der Waals surface area contributed by atoms with E-state index in [1.165, 1.54) is 23.9 Å². The molecular weight excluding hydrogens is 331 g/mol. The lowest BCUT2D eigenvalue weighted by Crippen LogP contribution is -2.38. The molecule has 24 heavy (non-hydrogen) atoms. The van der Waals surface area contributed by atoms with Gasteiger partial charge < -0.3 is 9.64 Å². The maximum Gasteiger partial charge on any atom is 0.228 e. The molecule has 0 spiro atoms. The molecule has 2 heterocycles. The summed E-state index contributed by atoms with van der Waals surface area (Å²) in [5, 5.41) is 9.12. The molecule has 1 fully saturated rings. The minimum absolute atomic E-state index is 0.112. The number of nitrogens with zero attached hydrogens (tertiary/aromatic N) is 4. The second kappa shape index (κ2) is 7.76. The molecular formula is C16H19FN4O2S. The van der Waals surface area contributed by atoms with E-state index in [2.05, 4.69) is 15.1 Å². The first kappa shape index (κ1) is 16.9. The lowest BCUT2D eigenvalue weighted by Gasteiger charge is -2.27. The number of hydrogen-bond acceptors (Lipinski definition) is 6. The van der Waals surface area contributed by atoms with Crippen LogP contribution in [0, 0.1) is 5.82 Å². The molecule has 1 aromatic carbocycles. The van der Waals surface area contributed by atoms with Gasteiger partial charge in [-0.15, -0.1) is 10.2 Å². The number of rotatable bonds is 6. The van der Waals surface area contributed by atoms with Crippen LogP contribution in [-0.4, -0.2) is 52.6 Å². The highest BCUT2D eigenvalue weighted by Gasteiger charge is 2.20. The Hall–Kier alpha value is -1.93. The molecule has 2 aromatic rings. The van der Waals surface area contributed by atoms with Crippen LogP contribution < -0.4 is 4.90 Å². The second-order valence-corrected chi connectivity index (χ2v) is 6.26. The van der Waals surface area contributed by atoms with Gasteiger partial charge in [0.1, 0.15) is 5.82 Å². The van der Waals surface area contributed by atoms with Gasteiger partial charge in [0, 0.05) is 19.6 Å². The number of hydrogen-bond donors (Lipinski definition) is 0. The molecule has 6 nitrogen and oxygen atoms in total. The fourth-order valence-corrected chi connectivity index (χ4v) is 3.44. The normalized spacial score (nSPS) is 14.8. The molecule has 0 bridgehead atoms. The van der Waals surface area contributed by atoms with Crippen LogP contribution in [0.15, 0.2) is 29.4 Å². The number of carbonyl (C=O) groups excluding carboxylic acids is 1. The molecule has 1 aliphatic rings. The number of carbonyl (C=O) groups is 1. The SMILES string of the molecule is CCn1c(SCC(=O)c2ccccc2F)nnc1N1CCOCC1. The van der Waals surface area contributed by atoms with Crippen LogP contribution in [0.4, 0.5) is 10.3 Å². The number of ketones is 1. The zero-order valence-electron chi connectivity index (χ0n) is 13.4. The average molecular weight is 350 g/mol. The third-order valence-electron chi connectivity index (χ3n) is 3.81. The maximum atomic E-state index is 13.7. The van der Waals surface area contributed by atoms with Crippen molar-refractivity contribution >= 4 is 23.5 Å². The number of morpholine rings is 1. The second-order valence-electron chi connectivity index (χ2n) is 5.32. The Bertz CT molecular complexity index is 716. The number of benzene rings is 1. The van der Waals surface area contributed by atoms with Crippen molar-refractivity contribution in [3.05, 3.63) is 35.6 Å². The Morgan fingerprint density at radius 1 is 1.29 bits per heavy atom. The number of ether oxygens (including phenoxy) is 1. The summed E-state index contributed by atoms with van der Waals surface area (Å²) in [6.45, 7) is 5.61. The van der Waals surface area contributed by atoms with E-state index in [1.807, 2.05) is 11.5 Å². The maximum absolute atomic E-state index is 13.7. The third kappa shape index (κ3) is 3.59. The van der Waals surface area contributed by atoms with Gasteiger partial charge in [0.05, 0.1) is 24.5 Å². The molecule has 0 saturated carbocycles. The highest BCUT2D eigenvalue weighted by molar-refractivity contribution is 7.99. The quantitative estimate of drug-likeness (QED) is 0.588. The van der Waals surface area contributed by atoms with E-state index in [0.29, 0.717) is 24.9 Å². The van der Waals surface area contributed by atoms with Gasteiger partial charge >= 0.3 is 0 Å².